The van der Waals surface area contributed by atoms with E-state index in [2.05, 4.69) is 5.32 Å². The van der Waals surface area contributed by atoms with Crippen LogP contribution in [0.1, 0.15) is 44.7 Å². The molecule has 4 rings (SSSR count). The largest absolute Gasteiger partial charge is 0.460 e. The van der Waals surface area contributed by atoms with Gasteiger partial charge >= 0.3 is 17.9 Å². The number of hydrogen-bond acceptors (Lipinski definition) is 9. The topological polar surface area (TPSA) is 128 Å². The Hall–Kier alpha value is -4.12. The molecule has 1 N–H and O–H groups in total. The quantitative estimate of drug-likeness (QED) is 0.206. The van der Waals surface area contributed by atoms with Crippen LogP contribution in [-0.4, -0.2) is 58.6 Å². The number of amides is 2. The number of esters is 3. The van der Waals surface area contributed by atoms with Crippen molar-refractivity contribution in [1.82, 2.24) is 10.2 Å². The Kier molecular flexibility index (Phi) is 9.17. The number of fused-ring (bicyclic) bond motifs is 1. The molecule has 41 heavy (non-hydrogen) atoms. The molecule has 2 aromatic rings. The van der Waals surface area contributed by atoms with Crippen LogP contribution in [0.3, 0.4) is 0 Å². The predicted octanol–water partition coefficient (Wildman–Crippen LogP) is 3.28. The van der Waals surface area contributed by atoms with Crippen LogP contribution < -0.4 is 5.32 Å². The van der Waals surface area contributed by atoms with Gasteiger partial charge in [-0.25, -0.2) is 4.79 Å². The van der Waals surface area contributed by atoms with Gasteiger partial charge in [0.15, 0.2) is 5.92 Å². The van der Waals surface area contributed by atoms with Crippen molar-refractivity contribution in [2.45, 2.75) is 51.6 Å². The summed E-state index contributed by atoms with van der Waals surface area (Å²) in [6, 6.07) is 16.6. The molecule has 3 atom stereocenters. The molecule has 2 aliphatic rings. The molecule has 0 spiro atoms. The molecular weight excluding hydrogens is 548 g/mol. The standard InChI is InChI=1S/C30H32N2O8S/c1-18-16-41-26-22(25(34)32(26)23(18)28(36)39-17-40-29(37)30(2,3)4)31-24(33)21(20-13-9-6-10-14-20)27(35)38-15-19-11-7-5-8-12-19/h5-14,21-22,26H,15-17H2,1-4H3,(H,31,33)/t21?,22?,26-/m0/s1. The van der Waals surface area contributed by atoms with E-state index < -0.39 is 59.3 Å². The van der Waals surface area contributed by atoms with Crippen molar-refractivity contribution in [3.63, 3.8) is 0 Å². The number of thioether (sulfide) groups is 1. The van der Waals surface area contributed by atoms with Gasteiger partial charge < -0.3 is 19.5 Å². The van der Waals surface area contributed by atoms with Crippen LogP contribution in [0.4, 0.5) is 0 Å². The van der Waals surface area contributed by atoms with Gasteiger partial charge in [0.2, 0.25) is 12.7 Å². The average molecular weight is 581 g/mol. The summed E-state index contributed by atoms with van der Waals surface area (Å²) in [5.41, 5.74) is 1.10. The van der Waals surface area contributed by atoms with Crippen molar-refractivity contribution in [2.75, 3.05) is 12.5 Å². The van der Waals surface area contributed by atoms with Crippen molar-refractivity contribution < 1.29 is 38.2 Å². The summed E-state index contributed by atoms with van der Waals surface area (Å²) in [5.74, 6) is -4.17. The number of hydrogen-bond donors (Lipinski definition) is 1. The maximum atomic E-state index is 13.4. The Balaban J connectivity index is 1.43. The second kappa shape index (κ2) is 12.6. The van der Waals surface area contributed by atoms with Crippen LogP contribution in [0.15, 0.2) is 71.9 Å². The summed E-state index contributed by atoms with van der Waals surface area (Å²) >= 11 is 1.37. The third-order valence-electron chi connectivity index (χ3n) is 6.50. The highest BCUT2D eigenvalue weighted by Crippen LogP contribution is 2.40. The fraction of sp³-hybridized carbons (Fsp3) is 0.367. The number of benzene rings is 2. The minimum atomic E-state index is -1.30. The predicted molar refractivity (Wildman–Crippen MR) is 150 cm³/mol. The van der Waals surface area contributed by atoms with Crippen LogP contribution in [0.2, 0.25) is 0 Å². The lowest BCUT2D eigenvalue weighted by Crippen LogP contribution is -2.71. The molecule has 2 heterocycles. The second-order valence-corrected chi connectivity index (χ2v) is 11.8. The van der Waals surface area contributed by atoms with Crippen LogP contribution in [0.5, 0.6) is 0 Å². The highest BCUT2D eigenvalue weighted by molar-refractivity contribution is 8.00. The molecule has 0 saturated carbocycles. The zero-order valence-corrected chi connectivity index (χ0v) is 24.1. The molecule has 1 fully saturated rings. The van der Waals surface area contributed by atoms with Crippen molar-refractivity contribution in [2.24, 2.45) is 5.41 Å². The molecule has 10 nitrogen and oxygen atoms in total. The highest BCUT2D eigenvalue weighted by Gasteiger charge is 2.54. The molecule has 0 aromatic heterocycles. The highest BCUT2D eigenvalue weighted by atomic mass is 32.2. The van der Waals surface area contributed by atoms with Gasteiger partial charge in [0, 0.05) is 5.75 Å². The summed E-state index contributed by atoms with van der Waals surface area (Å²) < 4.78 is 15.6. The summed E-state index contributed by atoms with van der Waals surface area (Å²) in [6.07, 6.45) is 0. The zero-order chi connectivity index (χ0) is 29.7. The van der Waals surface area contributed by atoms with Gasteiger partial charge in [-0.1, -0.05) is 60.7 Å². The molecule has 2 aliphatic heterocycles. The van der Waals surface area contributed by atoms with Gasteiger partial charge in [0.05, 0.1) is 5.41 Å². The number of ether oxygens (including phenoxy) is 3. The second-order valence-electron chi connectivity index (χ2n) is 10.7. The van der Waals surface area contributed by atoms with E-state index in [9.17, 15) is 24.0 Å². The molecule has 0 aliphatic carbocycles. The lowest BCUT2D eigenvalue weighted by atomic mass is 9.96. The van der Waals surface area contributed by atoms with Gasteiger partial charge in [0.1, 0.15) is 23.7 Å². The van der Waals surface area contributed by atoms with Gasteiger partial charge in [-0.05, 0) is 44.4 Å². The first-order chi connectivity index (χ1) is 19.5. The van der Waals surface area contributed by atoms with Crippen LogP contribution in [0.25, 0.3) is 0 Å². The monoisotopic (exact) mass is 580 g/mol. The van der Waals surface area contributed by atoms with E-state index >= 15 is 0 Å². The lowest BCUT2D eigenvalue weighted by molar-refractivity contribution is -0.173. The first-order valence-electron chi connectivity index (χ1n) is 13.0. The van der Waals surface area contributed by atoms with Crippen LogP contribution in [0, 0.1) is 5.41 Å². The Labute approximate surface area is 242 Å². The maximum Gasteiger partial charge on any atom is 0.357 e. The van der Waals surface area contributed by atoms with E-state index in [1.807, 2.05) is 18.2 Å². The molecule has 2 unspecified atom stereocenters. The fourth-order valence-electron chi connectivity index (χ4n) is 4.27. The third-order valence-corrected chi connectivity index (χ3v) is 7.92. The Morgan fingerprint density at radius 3 is 2.24 bits per heavy atom. The number of β-lactam (4-membered cyclic amide) rings is 1. The van der Waals surface area contributed by atoms with E-state index in [-0.39, 0.29) is 12.3 Å². The molecule has 2 amide bonds. The summed E-state index contributed by atoms with van der Waals surface area (Å²) in [6.45, 7) is 6.12. The minimum absolute atomic E-state index is 0.00842. The van der Waals surface area contributed by atoms with E-state index in [1.54, 1.807) is 70.2 Å². The molecule has 11 heteroatoms. The summed E-state index contributed by atoms with van der Waals surface area (Å²) in [5, 5.41) is 2.12. The Morgan fingerprint density at radius 1 is 0.976 bits per heavy atom. The average Bonchev–Trinajstić information content (AvgIpc) is 2.95. The number of nitrogens with one attached hydrogen (secondary N) is 1. The van der Waals surface area contributed by atoms with Crippen molar-refractivity contribution in [3.05, 3.63) is 83.1 Å². The van der Waals surface area contributed by atoms with Crippen molar-refractivity contribution >= 4 is 41.5 Å². The smallest absolute Gasteiger partial charge is 0.357 e. The van der Waals surface area contributed by atoms with E-state index in [0.717, 1.165) is 5.56 Å². The number of carbonyl (C=O) groups is 5. The number of nitrogens with zero attached hydrogens (tertiary/aromatic N) is 1. The van der Waals surface area contributed by atoms with E-state index in [0.29, 0.717) is 16.9 Å². The molecule has 1 saturated heterocycles. The Bertz CT molecular complexity index is 1350. The third kappa shape index (κ3) is 6.79. The van der Waals surface area contributed by atoms with Gasteiger partial charge in [-0.15, -0.1) is 11.8 Å². The summed E-state index contributed by atoms with van der Waals surface area (Å²) in [4.78, 5) is 65.8. The molecule has 2 aromatic carbocycles. The normalized spacial score (nSPS) is 18.9. The van der Waals surface area contributed by atoms with Crippen molar-refractivity contribution in [1.29, 1.82) is 0 Å². The molecule has 0 radical (unpaired) electrons. The first kappa shape index (κ1) is 29.9. The van der Waals surface area contributed by atoms with Gasteiger partial charge in [0.25, 0.3) is 5.91 Å². The lowest BCUT2D eigenvalue weighted by Gasteiger charge is -2.49. The molecule has 0 bridgehead atoms. The first-order valence-corrected chi connectivity index (χ1v) is 14.1. The maximum absolute atomic E-state index is 13.4. The molecule has 216 valence electrons. The van der Waals surface area contributed by atoms with Gasteiger partial charge in [-0.2, -0.15) is 0 Å². The van der Waals surface area contributed by atoms with Gasteiger partial charge in [-0.3, -0.25) is 24.1 Å². The summed E-state index contributed by atoms with van der Waals surface area (Å²) in [7, 11) is 0. The van der Waals surface area contributed by atoms with E-state index in [1.165, 1.54) is 16.7 Å². The van der Waals surface area contributed by atoms with Crippen molar-refractivity contribution in [3.8, 4) is 0 Å². The number of carbonyl (C=O) groups excluding carboxylic acids is 5. The van der Waals surface area contributed by atoms with Crippen LogP contribution >= 0.6 is 11.8 Å². The SMILES string of the molecule is CC1=C(C(=O)OCOC(=O)C(C)(C)C)N2C(=O)C(NC(=O)C(C(=O)OCc3ccccc3)c3ccccc3)[C@@H]2SC1. The Morgan fingerprint density at radius 2 is 1.61 bits per heavy atom. The minimum Gasteiger partial charge on any atom is -0.460 e. The van der Waals surface area contributed by atoms with E-state index in [4.69, 9.17) is 14.2 Å². The molecular formula is C30H32N2O8S. The fourth-order valence-corrected chi connectivity index (χ4v) is 5.57. The van der Waals surface area contributed by atoms with Crippen LogP contribution in [-0.2, 0) is 44.8 Å². The zero-order valence-electron chi connectivity index (χ0n) is 23.2. The number of rotatable bonds is 9.